The largest absolute Gasteiger partial charge is 0.289 e. The Morgan fingerprint density at radius 1 is 1.06 bits per heavy atom. The Bertz CT molecular complexity index is 566. The van der Waals surface area contributed by atoms with Crippen LogP contribution in [0.25, 0.3) is 0 Å². The van der Waals surface area contributed by atoms with Crippen LogP contribution in [0.3, 0.4) is 0 Å². The van der Waals surface area contributed by atoms with Gasteiger partial charge < -0.3 is 0 Å². The third-order valence-corrected chi connectivity index (χ3v) is 3.52. The molecule has 0 aromatic heterocycles. The van der Waals surface area contributed by atoms with Gasteiger partial charge in [-0.05, 0) is 58.4 Å². The number of hydrogen-bond acceptors (Lipinski definition) is 1. The molecule has 1 nitrogen and oxygen atoms in total. The quantitative estimate of drug-likeness (QED) is 0.748. The normalized spacial score (nSPS) is 10.3. The fraction of sp³-hybridized carbons (Fsp3) is 0. The average Bonchev–Trinajstić information content (AvgIpc) is 2.33. The molecular weight excluding hydrogens is 306 g/mol. The summed E-state index contributed by atoms with van der Waals surface area (Å²) in [6.45, 7) is 0. The molecule has 0 fully saturated rings. The first-order valence-corrected chi connectivity index (χ1v) is 6.00. The summed E-state index contributed by atoms with van der Waals surface area (Å²) < 4.78 is 13.5. The predicted molar refractivity (Wildman–Crippen MR) is 69.0 cm³/mol. The maximum atomic E-state index is 12.7. The van der Waals surface area contributed by atoms with Gasteiger partial charge in [0, 0.05) is 15.6 Å². The summed E-state index contributed by atoms with van der Waals surface area (Å²) >= 11 is 9.16. The van der Waals surface area contributed by atoms with Crippen molar-refractivity contribution in [2.24, 2.45) is 0 Å². The zero-order valence-electron chi connectivity index (χ0n) is 8.58. The highest BCUT2D eigenvalue weighted by molar-refractivity contribution is 9.10. The molecule has 0 spiro atoms. The third kappa shape index (κ3) is 2.73. The lowest BCUT2D eigenvalue weighted by Gasteiger charge is -2.03. The summed E-state index contributed by atoms with van der Waals surface area (Å²) in [5, 5.41) is 0.470. The Labute approximate surface area is 111 Å². The van der Waals surface area contributed by atoms with Gasteiger partial charge in [-0.15, -0.1) is 0 Å². The average molecular weight is 314 g/mol. The van der Waals surface area contributed by atoms with E-state index in [0.717, 1.165) is 4.47 Å². The molecule has 17 heavy (non-hydrogen) atoms. The Morgan fingerprint density at radius 3 is 2.24 bits per heavy atom. The van der Waals surface area contributed by atoms with Gasteiger partial charge in [-0.25, -0.2) is 4.39 Å². The van der Waals surface area contributed by atoms with Crippen LogP contribution in [0.4, 0.5) is 4.39 Å². The molecule has 0 aliphatic rings. The lowest BCUT2D eigenvalue weighted by Crippen LogP contribution is -2.01. The van der Waals surface area contributed by atoms with Crippen LogP contribution in [0.5, 0.6) is 0 Å². The van der Waals surface area contributed by atoms with Crippen molar-refractivity contribution in [3.05, 3.63) is 68.9 Å². The minimum Gasteiger partial charge on any atom is -0.289 e. The van der Waals surface area contributed by atoms with Crippen LogP contribution >= 0.6 is 27.5 Å². The van der Waals surface area contributed by atoms with Gasteiger partial charge in [0.1, 0.15) is 5.82 Å². The smallest absolute Gasteiger partial charge is 0.193 e. The topological polar surface area (TPSA) is 17.1 Å². The molecule has 2 aromatic carbocycles. The first-order valence-electron chi connectivity index (χ1n) is 4.83. The molecule has 0 aliphatic heterocycles. The lowest BCUT2D eigenvalue weighted by atomic mass is 10.0. The van der Waals surface area contributed by atoms with Crippen LogP contribution in [-0.4, -0.2) is 5.78 Å². The first kappa shape index (κ1) is 12.3. The van der Waals surface area contributed by atoms with Gasteiger partial charge >= 0.3 is 0 Å². The van der Waals surface area contributed by atoms with E-state index in [0.29, 0.717) is 16.1 Å². The first-order chi connectivity index (χ1) is 8.08. The number of rotatable bonds is 2. The summed E-state index contributed by atoms with van der Waals surface area (Å²) in [6.07, 6.45) is 0. The summed E-state index contributed by atoms with van der Waals surface area (Å²) in [5.41, 5.74) is 0.912. The maximum absolute atomic E-state index is 12.7. The molecule has 0 N–H and O–H groups in total. The second kappa shape index (κ2) is 4.98. The van der Waals surface area contributed by atoms with Crippen molar-refractivity contribution in [2.45, 2.75) is 0 Å². The highest BCUT2D eigenvalue weighted by Gasteiger charge is 2.10. The van der Waals surface area contributed by atoms with E-state index in [-0.39, 0.29) is 11.6 Å². The summed E-state index contributed by atoms with van der Waals surface area (Å²) in [5.74, 6) is -0.546. The van der Waals surface area contributed by atoms with E-state index in [1.54, 1.807) is 18.2 Å². The van der Waals surface area contributed by atoms with Gasteiger partial charge in [-0.1, -0.05) is 11.6 Å². The van der Waals surface area contributed by atoms with Gasteiger partial charge in [-0.2, -0.15) is 0 Å². The third-order valence-electron chi connectivity index (χ3n) is 2.29. The fourth-order valence-electron chi connectivity index (χ4n) is 1.41. The van der Waals surface area contributed by atoms with Crippen molar-refractivity contribution >= 4 is 33.3 Å². The summed E-state index contributed by atoms with van der Waals surface area (Å²) in [6, 6.07) is 10.4. The molecule has 86 valence electrons. The molecule has 2 aromatic rings. The molecule has 0 saturated heterocycles. The van der Waals surface area contributed by atoms with Crippen molar-refractivity contribution < 1.29 is 9.18 Å². The Hall–Kier alpha value is -1.19. The van der Waals surface area contributed by atoms with Gasteiger partial charge in [0.2, 0.25) is 0 Å². The molecule has 0 bridgehead atoms. The lowest BCUT2D eigenvalue weighted by molar-refractivity contribution is 0.103. The van der Waals surface area contributed by atoms with Crippen LogP contribution in [0, 0.1) is 5.82 Å². The minimum absolute atomic E-state index is 0.181. The number of carbonyl (C=O) groups is 1. The Kier molecular flexibility index (Phi) is 3.60. The molecule has 0 amide bonds. The Balaban J connectivity index is 2.37. The highest BCUT2D eigenvalue weighted by Crippen LogP contribution is 2.24. The molecule has 0 unspecified atom stereocenters. The summed E-state index contributed by atoms with van der Waals surface area (Å²) in [7, 11) is 0. The molecule has 0 radical (unpaired) electrons. The van der Waals surface area contributed by atoms with E-state index in [1.165, 1.54) is 24.3 Å². The van der Waals surface area contributed by atoms with E-state index in [1.807, 2.05) is 0 Å². The number of halogens is 3. The van der Waals surface area contributed by atoms with Crippen LogP contribution in [0.1, 0.15) is 15.9 Å². The van der Waals surface area contributed by atoms with Crippen LogP contribution < -0.4 is 0 Å². The number of hydrogen-bond donors (Lipinski definition) is 0. The molecule has 0 atom stereocenters. The highest BCUT2D eigenvalue weighted by atomic mass is 79.9. The van der Waals surface area contributed by atoms with E-state index in [9.17, 15) is 9.18 Å². The molecule has 0 aliphatic carbocycles. The van der Waals surface area contributed by atoms with Crippen molar-refractivity contribution in [2.75, 3.05) is 0 Å². The molecule has 2 rings (SSSR count). The van der Waals surface area contributed by atoms with Crippen molar-refractivity contribution in [1.29, 1.82) is 0 Å². The van der Waals surface area contributed by atoms with Crippen molar-refractivity contribution in [3.63, 3.8) is 0 Å². The van der Waals surface area contributed by atoms with Crippen LogP contribution in [0.15, 0.2) is 46.9 Å². The Morgan fingerprint density at radius 2 is 1.65 bits per heavy atom. The standard InChI is InChI=1S/C13H7BrClFO/c14-11-6-3-9(7-12(11)15)13(17)8-1-4-10(16)5-2-8/h1-7H. The van der Waals surface area contributed by atoms with Crippen LogP contribution in [0.2, 0.25) is 5.02 Å². The van der Waals surface area contributed by atoms with E-state index in [4.69, 9.17) is 11.6 Å². The van der Waals surface area contributed by atoms with Gasteiger partial charge in [0.25, 0.3) is 0 Å². The molecule has 0 heterocycles. The molecular formula is C13H7BrClFO. The second-order valence-electron chi connectivity index (χ2n) is 3.46. The van der Waals surface area contributed by atoms with Crippen molar-refractivity contribution in [3.8, 4) is 0 Å². The van der Waals surface area contributed by atoms with Gasteiger partial charge in [0.15, 0.2) is 5.78 Å². The fourth-order valence-corrected chi connectivity index (χ4v) is 1.83. The second-order valence-corrected chi connectivity index (χ2v) is 4.73. The SMILES string of the molecule is O=C(c1ccc(F)cc1)c1ccc(Br)c(Cl)c1. The monoisotopic (exact) mass is 312 g/mol. The van der Waals surface area contributed by atoms with Gasteiger partial charge in [-0.3, -0.25) is 4.79 Å². The van der Waals surface area contributed by atoms with E-state index in [2.05, 4.69) is 15.9 Å². The maximum Gasteiger partial charge on any atom is 0.193 e. The number of carbonyl (C=O) groups excluding carboxylic acids is 1. The van der Waals surface area contributed by atoms with E-state index >= 15 is 0 Å². The molecule has 4 heteroatoms. The van der Waals surface area contributed by atoms with Gasteiger partial charge in [0.05, 0.1) is 5.02 Å². The van der Waals surface area contributed by atoms with Crippen molar-refractivity contribution in [1.82, 2.24) is 0 Å². The zero-order valence-corrected chi connectivity index (χ0v) is 10.9. The summed E-state index contributed by atoms with van der Waals surface area (Å²) in [4.78, 5) is 12.0. The number of benzene rings is 2. The minimum atomic E-state index is -0.365. The zero-order chi connectivity index (χ0) is 12.4. The molecule has 0 saturated carbocycles. The predicted octanol–water partition coefficient (Wildman–Crippen LogP) is 4.47. The van der Waals surface area contributed by atoms with Crippen LogP contribution in [-0.2, 0) is 0 Å². The van der Waals surface area contributed by atoms with E-state index < -0.39 is 0 Å². The number of ketones is 1.